The van der Waals surface area contributed by atoms with Crippen molar-refractivity contribution in [1.29, 1.82) is 0 Å². The zero-order valence-corrected chi connectivity index (χ0v) is 23.5. The van der Waals surface area contributed by atoms with Crippen LogP contribution in [-0.2, 0) is 19.6 Å². The fraction of sp³-hybridized carbons (Fsp3) is 0.515. The second kappa shape index (κ2) is 12.3. The number of rotatable bonds is 2. The Hall–Kier alpha value is -2.84. The molecule has 7 N–H and O–H groups in total. The molecule has 0 radical (unpaired) electrons. The molecule has 1 aliphatic carbocycles. The van der Waals surface area contributed by atoms with Gasteiger partial charge in [-0.2, -0.15) is 0 Å². The maximum absolute atomic E-state index is 10.4. The zero-order valence-electron chi connectivity index (χ0n) is 23.5. The Morgan fingerprint density at radius 2 is 1.28 bits per heavy atom. The second-order valence-corrected chi connectivity index (χ2v) is 11.7. The van der Waals surface area contributed by atoms with Crippen molar-refractivity contribution in [2.24, 2.45) is 0 Å². The van der Waals surface area contributed by atoms with Gasteiger partial charge in [-0.05, 0) is 59.4 Å². The number of hydrogen-bond acceptors (Lipinski definition) is 10. The van der Waals surface area contributed by atoms with Gasteiger partial charge in [-0.25, -0.2) is 0 Å². The van der Waals surface area contributed by atoms with Gasteiger partial charge in [-0.15, -0.1) is 0 Å². The van der Waals surface area contributed by atoms with E-state index in [1.54, 1.807) is 0 Å². The predicted octanol–water partition coefficient (Wildman–Crippen LogP) is -0.819. The molecule has 2 aromatic carbocycles. The first-order valence-electron chi connectivity index (χ1n) is 14.6. The first-order chi connectivity index (χ1) is 20.8. The summed E-state index contributed by atoms with van der Waals surface area (Å²) in [6, 6.07) is 11.9. The Bertz CT molecular complexity index is 1460. The molecule has 1 spiro atoms. The third kappa shape index (κ3) is 5.50. The van der Waals surface area contributed by atoms with Gasteiger partial charge in [0, 0.05) is 36.2 Å². The minimum atomic E-state index is -1.49. The van der Waals surface area contributed by atoms with E-state index in [0.717, 1.165) is 40.7 Å². The Balaban J connectivity index is 1.31. The molecule has 3 aliphatic heterocycles. The van der Waals surface area contributed by atoms with E-state index in [0.29, 0.717) is 18.8 Å². The molecular weight excluding hydrogens is 556 g/mol. The average molecular weight is 593 g/mol. The molecule has 0 saturated carbocycles. The number of aliphatic hydroxyl groups excluding tert-OH is 7. The van der Waals surface area contributed by atoms with Gasteiger partial charge in [-0.3, -0.25) is 0 Å². The van der Waals surface area contributed by atoms with E-state index in [2.05, 4.69) is 29.7 Å². The molecule has 10 heteroatoms. The molecule has 3 heterocycles. The van der Waals surface area contributed by atoms with Crippen LogP contribution in [0.3, 0.4) is 0 Å². The van der Waals surface area contributed by atoms with Gasteiger partial charge in [0.1, 0.15) is 42.7 Å². The van der Waals surface area contributed by atoms with E-state index >= 15 is 0 Å². The summed E-state index contributed by atoms with van der Waals surface area (Å²) in [6.07, 6.45) is -8.52. The predicted molar refractivity (Wildman–Crippen MR) is 153 cm³/mol. The molecule has 9 atom stereocenters. The van der Waals surface area contributed by atoms with Crippen molar-refractivity contribution < 1.29 is 50.0 Å². The molecule has 0 bridgehead atoms. The van der Waals surface area contributed by atoms with Gasteiger partial charge >= 0.3 is 0 Å². The highest BCUT2D eigenvalue weighted by atomic mass is 16.5. The van der Waals surface area contributed by atoms with Crippen molar-refractivity contribution in [1.82, 2.24) is 0 Å². The first-order valence-corrected chi connectivity index (χ1v) is 14.6. The Morgan fingerprint density at radius 3 is 1.84 bits per heavy atom. The standard InChI is InChI=1S/C33H36O10/c34-16-20-15-25(36)29(37)26(42-20)7-3-18-1-5-21-22-6-2-19(4-8-27-30(38)32(40)31(39)28(17-35)43-27)14-24(22)33(23(21)13-18)9-11-41-12-10-33/h1-2,5-6,13-14,20,25-32,34-40H,9-12,15-17H2/t20-,25-,26+,27+,28+,29-,30+,31+,32+/m0/s1. The lowest BCUT2D eigenvalue weighted by Crippen LogP contribution is -2.58. The SMILES string of the molecule is OC[C@@H]1C[C@H](O)[C@H](O)[C@@H](C#Cc2ccc3c(c2)C2(CCOCC2)c2cc(C#C[C@H]4O[C@H](CO)[C@@H](O)[C@H](O)[C@@H]4O)ccc2-3)O1. The van der Waals surface area contributed by atoms with Crippen LogP contribution in [-0.4, -0.2) is 117 Å². The zero-order chi connectivity index (χ0) is 30.3. The number of hydrogen-bond donors (Lipinski definition) is 7. The molecule has 3 saturated heterocycles. The lowest BCUT2D eigenvalue weighted by Gasteiger charge is -2.37. The minimum absolute atomic E-state index is 0.145. The van der Waals surface area contributed by atoms with Crippen LogP contribution in [0, 0.1) is 23.7 Å². The monoisotopic (exact) mass is 592 g/mol. The second-order valence-electron chi connectivity index (χ2n) is 11.7. The number of benzene rings is 2. The number of fused-ring (bicyclic) bond motifs is 5. The summed E-state index contributed by atoms with van der Waals surface area (Å²) >= 11 is 0. The third-order valence-corrected chi connectivity index (χ3v) is 9.07. The van der Waals surface area contributed by atoms with Crippen molar-refractivity contribution in [2.75, 3.05) is 26.4 Å². The van der Waals surface area contributed by atoms with Crippen LogP contribution in [0.5, 0.6) is 0 Å². The molecule has 228 valence electrons. The first kappa shape index (κ1) is 30.2. The molecule has 43 heavy (non-hydrogen) atoms. The van der Waals surface area contributed by atoms with E-state index in [1.165, 1.54) is 0 Å². The number of ether oxygens (including phenoxy) is 3. The molecule has 2 aromatic rings. The van der Waals surface area contributed by atoms with Gasteiger partial charge in [0.15, 0.2) is 0 Å². The van der Waals surface area contributed by atoms with Gasteiger partial charge in [0.2, 0.25) is 0 Å². The molecule has 6 rings (SSSR count). The molecule has 10 nitrogen and oxygen atoms in total. The van der Waals surface area contributed by atoms with Crippen molar-refractivity contribution in [3.05, 3.63) is 58.7 Å². The van der Waals surface area contributed by atoms with Crippen molar-refractivity contribution in [3.63, 3.8) is 0 Å². The van der Waals surface area contributed by atoms with Gasteiger partial charge in [0.25, 0.3) is 0 Å². The largest absolute Gasteiger partial charge is 0.394 e. The molecule has 0 aromatic heterocycles. The van der Waals surface area contributed by atoms with Crippen LogP contribution in [0.2, 0.25) is 0 Å². The summed E-state index contributed by atoms with van der Waals surface area (Å²) in [5, 5.41) is 70.0. The average Bonchev–Trinajstić information content (AvgIpc) is 3.28. The lowest BCUT2D eigenvalue weighted by atomic mass is 9.72. The maximum atomic E-state index is 10.4. The van der Waals surface area contributed by atoms with Gasteiger partial charge in [0.05, 0.1) is 25.4 Å². The highest BCUT2D eigenvalue weighted by Crippen LogP contribution is 2.54. The highest BCUT2D eigenvalue weighted by molar-refractivity contribution is 5.82. The van der Waals surface area contributed by atoms with Crippen molar-refractivity contribution in [3.8, 4) is 34.8 Å². The minimum Gasteiger partial charge on any atom is -0.394 e. The molecule has 3 fully saturated rings. The Kier molecular flexibility index (Phi) is 8.62. The van der Waals surface area contributed by atoms with E-state index in [1.807, 2.05) is 30.3 Å². The highest BCUT2D eigenvalue weighted by Gasteiger charge is 2.45. The van der Waals surface area contributed by atoms with Crippen LogP contribution >= 0.6 is 0 Å². The Morgan fingerprint density at radius 1 is 0.698 bits per heavy atom. The quantitative estimate of drug-likeness (QED) is 0.219. The van der Waals surface area contributed by atoms with E-state index in [9.17, 15) is 35.7 Å². The van der Waals surface area contributed by atoms with E-state index < -0.39 is 61.5 Å². The summed E-state index contributed by atoms with van der Waals surface area (Å²) in [7, 11) is 0. The van der Waals surface area contributed by atoms with Crippen LogP contribution in [0.15, 0.2) is 36.4 Å². The number of aliphatic hydroxyl groups is 7. The lowest BCUT2D eigenvalue weighted by molar-refractivity contribution is -0.214. The van der Waals surface area contributed by atoms with E-state index in [4.69, 9.17) is 14.2 Å². The third-order valence-electron chi connectivity index (χ3n) is 9.07. The summed E-state index contributed by atoms with van der Waals surface area (Å²) < 4.78 is 17.0. The summed E-state index contributed by atoms with van der Waals surface area (Å²) in [5.74, 6) is 12.0. The normalized spacial score (nSPS) is 34.3. The molecule has 4 aliphatic rings. The summed E-state index contributed by atoms with van der Waals surface area (Å²) in [4.78, 5) is 0. The molecule has 0 amide bonds. The van der Waals surface area contributed by atoms with E-state index in [-0.39, 0.29) is 18.4 Å². The fourth-order valence-corrected chi connectivity index (χ4v) is 6.63. The molecular formula is C33H36O10. The van der Waals surface area contributed by atoms with Crippen LogP contribution in [0.1, 0.15) is 41.5 Å². The summed E-state index contributed by atoms with van der Waals surface area (Å²) in [6.45, 7) is 0.380. The van der Waals surface area contributed by atoms with Crippen LogP contribution in [0.4, 0.5) is 0 Å². The van der Waals surface area contributed by atoms with Crippen molar-refractivity contribution in [2.45, 2.75) is 79.6 Å². The van der Waals surface area contributed by atoms with Gasteiger partial charge in [-0.1, -0.05) is 35.8 Å². The van der Waals surface area contributed by atoms with Crippen LogP contribution < -0.4 is 0 Å². The van der Waals surface area contributed by atoms with Crippen LogP contribution in [0.25, 0.3) is 11.1 Å². The van der Waals surface area contributed by atoms with Gasteiger partial charge < -0.3 is 50.0 Å². The Labute approximate surface area is 249 Å². The fourth-order valence-electron chi connectivity index (χ4n) is 6.63. The topological polar surface area (TPSA) is 169 Å². The summed E-state index contributed by atoms with van der Waals surface area (Å²) in [5.41, 5.74) is 5.48. The van der Waals surface area contributed by atoms with Crippen molar-refractivity contribution >= 4 is 0 Å². The maximum Gasteiger partial charge on any atom is 0.147 e. The molecule has 0 unspecified atom stereocenters. The smallest absolute Gasteiger partial charge is 0.147 e.